The van der Waals surface area contributed by atoms with Crippen LogP contribution in [0.15, 0.2) is 11.1 Å². The van der Waals surface area contributed by atoms with Crippen LogP contribution < -0.4 is 0 Å². The van der Waals surface area contributed by atoms with E-state index >= 15 is 0 Å². The maximum Gasteiger partial charge on any atom is -0.0261 e. The van der Waals surface area contributed by atoms with Gasteiger partial charge in [0, 0.05) is 0 Å². The van der Waals surface area contributed by atoms with Gasteiger partial charge in [-0.05, 0) is 97.2 Å². The number of allylic oxidation sites excluding steroid dienone is 2. The van der Waals surface area contributed by atoms with E-state index in [1.807, 2.05) is 11.1 Å². The van der Waals surface area contributed by atoms with Crippen LogP contribution in [0.3, 0.4) is 0 Å². The SMILES string of the molecule is CC(C)C1(C)CCC(CCC(C)(C)CC(C)(C)C)=C(CCCC(C)(C)CC(C)(C)C)C1. The standard InChI is InChI=1S/C31H60/c1-24(2)31(13)20-17-25(16-19-30(11,12)23-28(6,7)8)26(21-31)15-14-18-29(9,10)22-27(3,4)5/h24H,14-23H2,1-13H3. The third-order valence-corrected chi connectivity index (χ3v) is 7.96. The van der Waals surface area contributed by atoms with Crippen molar-refractivity contribution >= 4 is 0 Å². The van der Waals surface area contributed by atoms with Crippen LogP contribution in [-0.2, 0) is 0 Å². The molecular weight excluding hydrogens is 372 g/mol. The molecule has 0 aromatic rings. The fourth-order valence-electron chi connectivity index (χ4n) is 6.69. The van der Waals surface area contributed by atoms with Crippen molar-refractivity contribution < 1.29 is 0 Å². The molecule has 0 amide bonds. The van der Waals surface area contributed by atoms with Gasteiger partial charge in [0.25, 0.3) is 0 Å². The third-order valence-electron chi connectivity index (χ3n) is 7.96. The maximum absolute atomic E-state index is 2.56. The smallest absolute Gasteiger partial charge is 0.0261 e. The van der Waals surface area contributed by atoms with E-state index in [0.717, 1.165) is 5.92 Å². The second-order valence-electron chi connectivity index (χ2n) is 15.8. The minimum absolute atomic E-state index is 0.419. The van der Waals surface area contributed by atoms with Crippen LogP contribution in [0, 0.1) is 33.0 Å². The Morgan fingerprint density at radius 2 is 1.19 bits per heavy atom. The molecule has 0 N–H and O–H groups in total. The first kappa shape index (κ1) is 28.8. The predicted octanol–water partition coefficient (Wildman–Crippen LogP) is 11.0. The van der Waals surface area contributed by atoms with Crippen LogP contribution in [0.5, 0.6) is 0 Å². The zero-order chi connectivity index (χ0) is 24.3. The molecule has 0 spiro atoms. The molecule has 0 nitrogen and oxygen atoms in total. The van der Waals surface area contributed by atoms with Gasteiger partial charge in [-0.2, -0.15) is 0 Å². The van der Waals surface area contributed by atoms with E-state index in [9.17, 15) is 0 Å². The summed E-state index contributed by atoms with van der Waals surface area (Å²) in [6, 6.07) is 0. The van der Waals surface area contributed by atoms with E-state index in [4.69, 9.17) is 0 Å². The summed E-state index contributed by atoms with van der Waals surface area (Å²) in [7, 11) is 0. The molecule has 1 aliphatic carbocycles. The summed E-state index contributed by atoms with van der Waals surface area (Å²) in [4.78, 5) is 0. The normalized spacial score (nSPS) is 21.9. The van der Waals surface area contributed by atoms with Gasteiger partial charge in [0.2, 0.25) is 0 Å². The van der Waals surface area contributed by atoms with Crippen LogP contribution in [0.2, 0.25) is 0 Å². The second kappa shape index (κ2) is 10.3. The van der Waals surface area contributed by atoms with Crippen molar-refractivity contribution in [1.29, 1.82) is 0 Å². The zero-order valence-corrected chi connectivity index (χ0v) is 24.1. The molecule has 0 fully saturated rings. The Balaban J connectivity index is 2.90. The van der Waals surface area contributed by atoms with Crippen molar-refractivity contribution in [2.24, 2.45) is 33.0 Å². The monoisotopic (exact) mass is 432 g/mol. The summed E-state index contributed by atoms with van der Waals surface area (Å²) in [6.07, 6.45) is 13.4. The Kier molecular flexibility index (Phi) is 9.60. The molecule has 1 aliphatic rings. The van der Waals surface area contributed by atoms with Crippen molar-refractivity contribution in [1.82, 2.24) is 0 Å². The summed E-state index contributed by atoms with van der Waals surface area (Å²) < 4.78 is 0. The van der Waals surface area contributed by atoms with Crippen LogP contribution in [0.4, 0.5) is 0 Å². The lowest BCUT2D eigenvalue weighted by molar-refractivity contribution is 0.173. The third kappa shape index (κ3) is 10.9. The fourth-order valence-corrected chi connectivity index (χ4v) is 6.69. The quantitative estimate of drug-likeness (QED) is 0.301. The van der Waals surface area contributed by atoms with Gasteiger partial charge in [-0.15, -0.1) is 0 Å². The average molecular weight is 433 g/mol. The summed E-state index contributed by atoms with van der Waals surface area (Å²) >= 11 is 0. The van der Waals surface area contributed by atoms with Crippen LogP contribution in [0.1, 0.15) is 154 Å². The molecule has 0 bridgehead atoms. The highest BCUT2D eigenvalue weighted by Crippen LogP contribution is 2.48. The van der Waals surface area contributed by atoms with E-state index in [2.05, 4.69) is 90.0 Å². The summed E-state index contributed by atoms with van der Waals surface area (Å²) in [5.74, 6) is 0.777. The van der Waals surface area contributed by atoms with Crippen LogP contribution >= 0.6 is 0 Å². The first-order valence-corrected chi connectivity index (χ1v) is 13.4. The summed E-state index contributed by atoms with van der Waals surface area (Å²) in [5, 5.41) is 0. The van der Waals surface area contributed by atoms with E-state index in [1.165, 1.54) is 64.2 Å². The zero-order valence-electron chi connectivity index (χ0n) is 24.1. The van der Waals surface area contributed by atoms with Crippen molar-refractivity contribution in [3.63, 3.8) is 0 Å². The number of rotatable bonds is 10. The molecule has 0 aliphatic heterocycles. The summed E-state index contributed by atoms with van der Waals surface area (Å²) in [6.45, 7) is 31.8. The number of hydrogen-bond donors (Lipinski definition) is 0. The van der Waals surface area contributed by atoms with Gasteiger partial charge in [-0.3, -0.25) is 0 Å². The molecule has 31 heavy (non-hydrogen) atoms. The van der Waals surface area contributed by atoms with Gasteiger partial charge >= 0.3 is 0 Å². The lowest BCUT2D eigenvalue weighted by Crippen LogP contribution is -2.28. The molecule has 0 saturated carbocycles. The molecular formula is C31H60. The van der Waals surface area contributed by atoms with E-state index < -0.39 is 0 Å². The Labute approximate surface area is 198 Å². The Bertz CT molecular complexity index is 585. The minimum Gasteiger partial charge on any atom is -0.0709 e. The van der Waals surface area contributed by atoms with Crippen molar-refractivity contribution in [3.05, 3.63) is 11.1 Å². The van der Waals surface area contributed by atoms with Crippen molar-refractivity contribution in [2.45, 2.75) is 154 Å². The predicted molar refractivity (Wildman–Crippen MR) is 143 cm³/mol. The highest BCUT2D eigenvalue weighted by Gasteiger charge is 2.35. The van der Waals surface area contributed by atoms with Gasteiger partial charge in [-0.25, -0.2) is 0 Å². The van der Waals surface area contributed by atoms with Crippen molar-refractivity contribution in [3.8, 4) is 0 Å². The minimum atomic E-state index is 0.419. The van der Waals surface area contributed by atoms with E-state index in [0.29, 0.717) is 27.1 Å². The Morgan fingerprint density at radius 1 is 0.710 bits per heavy atom. The van der Waals surface area contributed by atoms with Gasteiger partial charge in [0.1, 0.15) is 0 Å². The average Bonchev–Trinajstić information content (AvgIpc) is 2.49. The fraction of sp³-hybridized carbons (Fsp3) is 0.935. The van der Waals surface area contributed by atoms with Gasteiger partial charge < -0.3 is 0 Å². The van der Waals surface area contributed by atoms with Gasteiger partial charge in [0.05, 0.1) is 0 Å². The molecule has 0 saturated heterocycles. The highest BCUT2D eigenvalue weighted by molar-refractivity contribution is 5.21. The molecule has 184 valence electrons. The topological polar surface area (TPSA) is 0 Å². The first-order valence-electron chi connectivity index (χ1n) is 13.4. The largest absolute Gasteiger partial charge is 0.0709 e. The van der Waals surface area contributed by atoms with Crippen LogP contribution in [0.25, 0.3) is 0 Å². The number of hydrogen-bond acceptors (Lipinski definition) is 0. The van der Waals surface area contributed by atoms with Gasteiger partial charge in [0.15, 0.2) is 0 Å². The molecule has 0 heteroatoms. The van der Waals surface area contributed by atoms with Gasteiger partial charge in [-0.1, -0.05) is 101 Å². The first-order chi connectivity index (χ1) is 13.7. The Morgan fingerprint density at radius 3 is 1.65 bits per heavy atom. The highest BCUT2D eigenvalue weighted by atomic mass is 14.4. The van der Waals surface area contributed by atoms with Crippen molar-refractivity contribution in [2.75, 3.05) is 0 Å². The Hall–Kier alpha value is -0.260. The lowest BCUT2D eigenvalue weighted by Gasteiger charge is -2.41. The van der Waals surface area contributed by atoms with Crippen LogP contribution in [-0.4, -0.2) is 0 Å². The molecule has 1 unspecified atom stereocenters. The molecule has 1 atom stereocenters. The molecule has 0 heterocycles. The molecule has 0 radical (unpaired) electrons. The molecule has 0 aromatic heterocycles. The summed E-state index contributed by atoms with van der Waals surface area (Å²) in [5.41, 5.74) is 5.92. The van der Waals surface area contributed by atoms with E-state index in [-0.39, 0.29) is 0 Å². The van der Waals surface area contributed by atoms with E-state index in [1.54, 1.807) is 0 Å². The maximum atomic E-state index is 2.56. The lowest BCUT2D eigenvalue weighted by atomic mass is 9.64. The molecule has 0 aromatic carbocycles. The second-order valence-corrected chi connectivity index (χ2v) is 15.8. The molecule has 1 rings (SSSR count).